The van der Waals surface area contributed by atoms with Gasteiger partial charge >= 0.3 is 0 Å². The van der Waals surface area contributed by atoms with Crippen LogP contribution in [0.1, 0.15) is 6.42 Å². The van der Waals surface area contributed by atoms with E-state index in [1.54, 1.807) is 11.8 Å². The van der Waals surface area contributed by atoms with E-state index >= 15 is 0 Å². The molecule has 0 fully saturated rings. The lowest BCUT2D eigenvalue weighted by Gasteiger charge is -2.10. The lowest BCUT2D eigenvalue weighted by Crippen LogP contribution is -2.18. The monoisotopic (exact) mass is 368 g/mol. The highest BCUT2D eigenvalue weighted by Crippen LogP contribution is 2.30. The third-order valence-electron chi connectivity index (χ3n) is 3.07. The lowest BCUT2D eigenvalue weighted by atomic mass is 10.3. The average molecular weight is 369 g/mol. The Morgan fingerprint density at radius 1 is 0.917 bits per heavy atom. The van der Waals surface area contributed by atoms with Crippen molar-refractivity contribution < 1.29 is 19.7 Å². The molecule has 4 nitrogen and oxygen atoms in total. The Morgan fingerprint density at radius 2 is 1.46 bits per heavy atom. The Bertz CT molecular complexity index is 589. The van der Waals surface area contributed by atoms with E-state index in [0.29, 0.717) is 18.8 Å². The zero-order valence-electron chi connectivity index (χ0n) is 13.2. The van der Waals surface area contributed by atoms with E-state index in [2.05, 4.69) is 0 Å². The SMILES string of the molecule is OCCCOc1ccc(Sc2ccc(OCC(O)CCl)cc2)cc1. The Morgan fingerprint density at radius 3 is 1.96 bits per heavy atom. The molecule has 0 bridgehead atoms. The highest BCUT2D eigenvalue weighted by atomic mass is 35.5. The van der Waals surface area contributed by atoms with Crippen molar-refractivity contribution in [2.75, 3.05) is 25.7 Å². The highest BCUT2D eigenvalue weighted by Gasteiger charge is 2.04. The van der Waals surface area contributed by atoms with E-state index in [0.717, 1.165) is 15.5 Å². The molecule has 0 aliphatic carbocycles. The van der Waals surface area contributed by atoms with Gasteiger partial charge in [0.25, 0.3) is 0 Å². The van der Waals surface area contributed by atoms with E-state index in [1.165, 1.54) is 0 Å². The predicted molar refractivity (Wildman–Crippen MR) is 96.4 cm³/mol. The van der Waals surface area contributed by atoms with Crippen LogP contribution >= 0.6 is 23.4 Å². The maximum Gasteiger partial charge on any atom is 0.119 e. The molecule has 0 aromatic heterocycles. The first-order valence-corrected chi connectivity index (χ1v) is 9.05. The quantitative estimate of drug-likeness (QED) is 0.496. The number of hydrogen-bond acceptors (Lipinski definition) is 5. The Hall–Kier alpha value is -1.40. The molecule has 0 amide bonds. The summed E-state index contributed by atoms with van der Waals surface area (Å²) < 4.78 is 11.0. The van der Waals surface area contributed by atoms with Crippen molar-refractivity contribution >= 4 is 23.4 Å². The molecule has 0 saturated heterocycles. The van der Waals surface area contributed by atoms with Crippen molar-refractivity contribution in [3.05, 3.63) is 48.5 Å². The molecule has 0 radical (unpaired) electrons. The number of aliphatic hydroxyl groups is 2. The molecule has 1 unspecified atom stereocenters. The molecular formula is C18H21ClO4S. The second-order valence-electron chi connectivity index (χ2n) is 5.09. The normalized spacial score (nSPS) is 12.0. The predicted octanol–water partition coefficient (Wildman–Crippen LogP) is 3.58. The van der Waals surface area contributed by atoms with Gasteiger partial charge in [0.1, 0.15) is 24.2 Å². The van der Waals surface area contributed by atoms with E-state index in [-0.39, 0.29) is 19.1 Å². The fraction of sp³-hybridized carbons (Fsp3) is 0.333. The summed E-state index contributed by atoms with van der Waals surface area (Å²) in [5.41, 5.74) is 0. The van der Waals surface area contributed by atoms with Crippen LogP contribution in [-0.2, 0) is 0 Å². The second-order valence-corrected chi connectivity index (χ2v) is 6.55. The molecule has 0 saturated carbocycles. The summed E-state index contributed by atoms with van der Waals surface area (Å²) in [5.74, 6) is 1.67. The third kappa shape index (κ3) is 6.61. The zero-order valence-corrected chi connectivity index (χ0v) is 14.8. The third-order valence-corrected chi connectivity index (χ3v) is 4.45. The summed E-state index contributed by atoms with van der Waals surface area (Å²) in [6.07, 6.45) is -0.0221. The standard InChI is InChI=1S/C18H21ClO4S/c19-12-14(21)13-23-16-4-8-18(9-5-16)24-17-6-2-15(3-7-17)22-11-1-10-20/h2-9,14,20-21H,1,10-13H2. The summed E-state index contributed by atoms with van der Waals surface area (Å²) >= 11 is 7.17. The van der Waals surface area contributed by atoms with Crippen LogP contribution < -0.4 is 9.47 Å². The van der Waals surface area contributed by atoms with Crippen LogP contribution in [0, 0.1) is 0 Å². The largest absolute Gasteiger partial charge is 0.494 e. The minimum absolute atomic E-state index is 0.137. The molecule has 24 heavy (non-hydrogen) atoms. The van der Waals surface area contributed by atoms with E-state index in [4.69, 9.17) is 26.2 Å². The van der Waals surface area contributed by atoms with Crippen LogP contribution in [0.5, 0.6) is 11.5 Å². The van der Waals surface area contributed by atoms with Gasteiger partial charge in [-0.2, -0.15) is 0 Å². The van der Waals surface area contributed by atoms with Gasteiger partial charge in [-0.05, 0) is 48.5 Å². The number of halogens is 1. The fourth-order valence-electron chi connectivity index (χ4n) is 1.84. The molecule has 2 aromatic carbocycles. The highest BCUT2D eigenvalue weighted by molar-refractivity contribution is 7.99. The number of benzene rings is 2. The number of ether oxygens (including phenoxy) is 2. The van der Waals surface area contributed by atoms with E-state index in [9.17, 15) is 5.11 Å². The first-order valence-electron chi connectivity index (χ1n) is 7.69. The molecule has 0 aliphatic heterocycles. The van der Waals surface area contributed by atoms with Gasteiger partial charge in [0, 0.05) is 22.8 Å². The number of aliphatic hydroxyl groups excluding tert-OH is 2. The molecule has 130 valence electrons. The number of hydrogen-bond donors (Lipinski definition) is 2. The van der Waals surface area contributed by atoms with Crippen molar-refractivity contribution in [2.24, 2.45) is 0 Å². The Kier molecular flexibility index (Phi) is 8.25. The molecule has 0 spiro atoms. The molecule has 0 heterocycles. The zero-order chi connectivity index (χ0) is 17.2. The summed E-state index contributed by atoms with van der Waals surface area (Å²) in [5, 5.41) is 18.1. The van der Waals surface area contributed by atoms with Crippen LogP contribution in [0.3, 0.4) is 0 Å². The van der Waals surface area contributed by atoms with Gasteiger partial charge in [-0.1, -0.05) is 11.8 Å². The van der Waals surface area contributed by atoms with E-state index < -0.39 is 6.10 Å². The van der Waals surface area contributed by atoms with Crippen LogP contribution in [-0.4, -0.2) is 42.0 Å². The van der Waals surface area contributed by atoms with Gasteiger partial charge in [0.15, 0.2) is 0 Å². The van der Waals surface area contributed by atoms with Gasteiger partial charge in [-0.3, -0.25) is 0 Å². The van der Waals surface area contributed by atoms with Crippen molar-refractivity contribution in [3.63, 3.8) is 0 Å². The summed E-state index contributed by atoms with van der Waals surface area (Å²) in [4.78, 5) is 2.20. The lowest BCUT2D eigenvalue weighted by molar-refractivity contribution is 0.125. The first-order chi connectivity index (χ1) is 11.7. The van der Waals surface area contributed by atoms with Crippen molar-refractivity contribution in [1.82, 2.24) is 0 Å². The smallest absolute Gasteiger partial charge is 0.119 e. The average Bonchev–Trinajstić information content (AvgIpc) is 2.62. The van der Waals surface area contributed by atoms with Crippen LogP contribution in [0.4, 0.5) is 0 Å². The maximum atomic E-state index is 9.38. The summed E-state index contributed by atoms with van der Waals surface area (Å²) in [6, 6.07) is 15.5. The van der Waals surface area contributed by atoms with Gasteiger partial charge in [-0.15, -0.1) is 11.6 Å². The van der Waals surface area contributed by atoms with Crippen LogP contribution in [0.2, 0.25) is 0 Å². The van der Waals surface area contributed by atoms with Gasteiger partial charge in [-0.25, -0.2) is 0 Å². The summed E-state index contributed by atoms with van der Waals surface area (Å²) in [6.45, 7) is 0.842. The number of rotatable bonds is 10. The number of alkyl halides is 1. The maximum absolute atomic E-state index is 9.38. The van der Waals surface area contributed by atoms with Crippen molar-refractivity contribution in [1.29, 1.82) is 0 Å². The molecular weight excluding hydrogens is 348 g/mol. The molecule has 2 aromatic rings. The summed E-state index contributed by atoms with van der Waals surface area (Å²) in [7, 11) is 0. The van der Waals surface area contributed by atoms with Gasteiger partial charge in [0.05, 0.1) is 12.5 Å². The van der Waals surface area contributed by atoms with Gasteiger partial charge in [0.2, 0.25) is 0 Å². The molecule has 0 aliphatic rings. The first kappa shape index (κ1) is 18.9. The van der Waals surface area contributed by atoms with Gasteiger partial charge < -0.3 is 19.7 Å². The molecule has 1 atom stereocenters. The topological polar surface area (TPSA) is 58.9 Å². The van der Waals surface area contributed by atoms with Crippen molar-refractivity contribution in [2.45, 2.75) is 22.3 Å². The Balaban J connectivity index is 1.84. The molecule has 6 heteroatoms. The Labute approximate surface area is 151 Å². The van der Waals surface area contributed by atoms with E-state index in [1.807, 2.05) is 48.5 Å². The molecule has 2 rings (SSSR count). The van der Waals surface area contributed by atoms with Crippen molar-refractivity contribution in [3.8, 4) is 11.5 Å². The fourth-order valence-corrected chi connectivity index (χ4v) is 2.74. The van der Waals surface area contributed by atoms with Crippen LogP contribution in [0.25, 0.3) is 0 Å². The second kappa shape index (κ2) is 10.5. The van der Waals surface area contributed by atoms with Crippen LogP contribution in [0.15, 0.2) is 58.3 Å². The molecule has 2 N–H and O–H groups in total. The minimum Gasteiger partial charge on any atom is -0.494 e. The minimum atomic E-state index is -0.654.